The van der Waals surface area contributed by atoms with E-state index in [4.69, 9.17) is 11.6 Å². The molecule has 0 amide bonds. The molecule has 1 heterocycles. The van der Waals surface area contributed by atoms with E-state index in [1.54, 1.807) is 6.07 Å². The fourth-order valence-electron chi connectivity index (χ4n) is 2.41. The molecule has 96 valence electrons. The molecule has 0 saturated carbocycles. The van der Waals surface area contributed by atoms with E-state index in [0.29, 0.717) is 5.15 Å². The standard InChI is InChI=1S/C16H15ClN2/c1-11-9-15(17)19-16(18-11)8-6-12-5-7-13-3-2-4-14(13)10-12/h2,4-5,7,9-10H,3,6,8H2,1H3. The van der Waals surface area contributed by atoms with Gasteiger partial charge in [0.25, 0.3) is 0 Å². The van der Waals surface area contributed by atoms with Crippen LogP contribution >= 0.6 is 11.6 Å². The van der Waals surface area contributed by atoms with Crippen molar-refractivity contribution in [3.05, 3.63) is 63.7 Å². The smallest absolute Gasteiger partial charge is 0.133 e. The summed E-state index contributed by atoms with van der Waals surface area (Å²) in [6, 6.07) is 8.46. The number of aryl methyl sites for hydroxylation is 3. The second-order valence-corrected chi connectivity index (χ2v) is 5.28. The van der Waals surface area contributed by atoms with E-state index in [1.165, 1.54) is 16.7 Å². The highest BCUT2D eigenvalue weighted by molar-refractivity contribution is 6.29. The van der Waals surface area contributed by atoms with E-state index in [1.807, 2.05) is 6.92 Å². The first-order chi connectivity index (χ1) is 9.20. The van der Waals surface area contributed by atoms with Gasteiger partial charge in [0.2, 0.25) is 0 Å². The molecule has 0 bridgehead atoms. The molecule has 0 unspecified atom stereocenters. The van der Waals surface area contributed by atoms with E-state index in [9.17, 15) is 0 Å². The third-order valence-corrected chi connectivity index (χ3v) is 3.55. The summed E-state index contributed by atoms with van der Waals surface area (Å²) in [5.41, 5.74) is 5.01. The van der Waals surface area contributed by atoms with E-state index < -0.39 is 0 Å². The molecule has 1 aromatic carbocycles. The summed E-state index contributed by atoms with van der Waals surface area (Å²) < 4.78 is 0. The lowest BCUT2D eigenvalue weighted by Crippen LogP contribution is -2.00. The van der Waals surface area contributed by atoms with Crippen LogP contribution in [0.2, 0.25) is 5.15 Å². The Bertz CT molecular complexity index is 627. The van der Waals surface area contributed by atoms with E-state index in [0.717, 1.165) is 30.8 Å². The minimum absolute atomic E-state index is 0.527. The Labute approximate surface area is 118 Å². The lowest BCUT2D eigenvalue weighted by molar-refractivity contribution is 0.846. The van der Waals surface area contributed by atoms with Gasteiger partial charge in [0, 0.05) is 12.1 Å². The predicted molar refractivity (Wildman–Crippen MR) is 78.4 cm³/mol. The van der Waals surface area contributed by atoms with E-state index in [-0.39, 0.29) is 0 Å². The summed E-state index contributed by atoms with van der Waals surface area (Å²) >= 11 is 5.95. The topological polar surface area (TPSA) is 25.8 Å². The van der Waals surface area contributed by atoms with Crippen molar-refractivity contribution in [1.82, 2.24) is 9.97 Å². The molecule has 0 fully saturated rings. The van der Waals surface area contributed by atoms with Crippen molar-refractivity contribution in [1.29, 1.82) is 0 Å². The highest BCUT2D eigenvalue weighted by Crippen LogP contribution is 2.21. The molecule has 0 atom stereocenters. The van der Waals surface area contributed by atoms with Crippen LogP contribution < -0.4 is 0 Å². The average Bonchev–Trinajstić information content (AvgIpc) is 2.82. The molecule has 0 saturated heterocycles. The van der Waals surface area contributed by atoms with Crippen LogP contribution in [0.5, 0.6) is 0 Å². The first kappa shape index (κ1) is 12.4. The molecule has 3 rings (SSSR count). The van der Waals surface area contributed by atoms with Gasteiger partial charge in [-0.25, -0.2) is 9.97 Å². The molecule has 0 N–H and O–H groups in total. The fraction of sp³-hybridized carbons (Fsp3) is 0.250. The van der Waals surface area contributed by atoms with Crippen LogP contribution in [0, 0.1) is 6.92 Å². The molecule has 1 aromatic heterocycles. The van der Waals surface area contributed by atoms with Crippen molar-refractivity contribution in [3.63, 3.8) is 0 Å². The summed E-state index contributed by atoms with van der Waals surface area (Å²) in [6.45, 7) is 1.94. The van der Waals surface area contributed by atoms with Crippen LogP contribution in [0.25, 0.3) is 6.08 Å². The van der Waals surface area contributed by atoms with Crippen LogP contribution in [-0.2, 0) is 19.3 Å². The minimum Gasteiger partial charge on any atom is -0.238 e. The SMILES string of the molecule is Cc1cc(Cl)nc(CCc2ccc3c(c2)C=CC3)n1. The van der Waals surface area contributed by atoms with E-state index >= 15 is 0 Å². The van der Waals surface area contributed by atoms with Crippen LogP contribution in [0.4, 0.5) is 0 Å². The van der Waals surface area contributed by atoms with Gasteiger partial charge in [-0.15, -0.1) is 0 Å². The Balaban J connectivity index is 1.73. The zero-order chi connectivity index (χ0) is 13.2. The number of rotatable bonds is 3. The summed E-state index contributed by atoms with van der Waals surface area (Å²) in [5.74, 6) is 0.820. The monoisotopic (exact) mass is 270 g/mol. The van der Waals surface area contributed by atoms with Crippen LogP contribution in [0.15, 0.2) is 30.3 Å². The van der Waals surface area contributed by atoms with Crippen molar-refractivity contribution in [2.24, 2.45) is 0 Å². The largest absolute Gasteiger partial charge is 0.238 e. The Hall–Kier alpha value is -1.67. The van der Waals surface area contributed by atoms with Crippen LogP contribution in [-0.4, -0.2) is 9.97 Å². The van der Waals surface area contributed by atoms with Gasteiger partial charge in [-0.1, -0.05) is 42.0 Å². The number of benzene rings is 1. The molecule has 2 nitrogen and oxygen atoms in total. The highest BCUT2D eigenvalue weighted by atomic mass is 35.5. The molecule has 19 heavy (non-hydrogen) atoms. The molecule has 0 aliphatic heterocycles. The molecular formula is C16H15ClN2. The van der Waals surface area contributed by atoms with Crippen LogP contribution in [0.1, 0.15) is 28.2 Å². The lowest BCUT2D eigenvalue weighted by Gasteiger charge is -2.05. The zero-order valence-electron chi connectivity index (χ0n) is 10.9. The first-order valence-electron chi connectivity index (χ1n) is 6.49. The van der Waals surface area contributed by atoms with Gasteiger partial charge >= 0.3 is 0 Å². The Morgan fingerprint density at radius 3 is 2.89 bits per heavy atom. The number of nitrogens with zero attached hydrogens (tertiary/aromatic N) is 2. The number of allylic oxidation sites excluding steroid dienone is 1. The van der Waals surface area contributed by atoms with Crippen molar-refractivity contribution in [2.45, 2.75) is 26.2 Å². The Morgan fingerprint density at radius 2 is 2.05 bits per heavy atom. The number of halogens is 1. The van der Waals surface area contributed by atoms with Crippen molar-refractivity contribution in [2.75, 3.05) is 0 Å². The number of fused-ring (bicyclic) bond motifs is 1. The number of hydrogen-bond acceptors (Lipinski definition) is 2. The normalized spacial score (nSPS) is 12.7. The van der Waals surface area contributed by atoms with Gasteiger partial charge in [0.15, 0.2) is 0 Å². The van der Waals surface area contributed by atoms with Crippen molar-refractivity contribution < 1.29 is 0 Å². The van der Waals surface area contributed by atoms with Gasteiger partial charge in [-0.3, -0.25) is 0 Å². The molecular weight excluding hydrogens is 256 g/mol. The maximum Gasteiger partial charge on any atom is 0.133 e. The molecule has 0 spiro atoms. The van der Waals surface area contributed by atoms with Gasteiger partial charge < -0.3 is 0 Å². The molecule has 1 aliphatic rings. The average molecular weight is 271 g/mol. The third kappa shape index (κ3) is 2.85. The van der Waals surface area contributed by atoms with Gasteiger partial charge in [0.1, 0.15) is 11.0 Å². The maximum absolute atomic E-state index is 5.95. The van der Waals surface area contributed by atoms with Gasteiger partial charge in [-0.2, -0.15) is 0 Å². The predicted octanol–water partition coefficient (Wildman–Crippen LogP) is 3.79. The highest BCUT2D eigenvalue weighted by Gasteiger charge is 2.06. The van der Waals surface area contributed by atoms with Gasteiger partial charge in [-0.05, 0) is 42.5 Å². The maximum atomic E-state index is 5.95. The second kappa shape index (κ2) is 5.14. The first-order valence-corrected chi connectivity index (χ1v) is 6.87. The molecule has 3 heteroatoms. The molecule has 0 radical (unpaired) electrons. The molecule has 2 aromatic rings. The summed E-state index contributed by atoms with van der Waals surface area (Å²) in [4.78, 5) is 8.67. The number of hydrogen-bond donors (Lipinski definition) is 0. The van der Waals surface area contributed by atoms with E-state index in [2.05, 4.69) is 40.3 Å². The summed E-state index contributed by atoms with van der Waals surface area (Å²) in [5, 5.41) is 0.527. The number of aromatic nitrogens is 2. The summed E-state index contributed by atoms with van der Waals surface area (Å²) in [6.07, 6.45) is 7.23. The minimum atomic E-state index is 0.527. The zero-order valence-corrected chi connectivity index (χ0v) is 11.6. The fourth-order valence-corrected chi connectivity index (χ4v) is 2.67. The second-order valence-electron chi connectivity index (χ2n) is 4.89. The van der Waals surface area contributed by atoms with Crippen molar-refractivity contribution >= 4 is 17.7 Å². The summed E-state index contributed by atoms with van der Waals surface area (Å²) in [7, 11) is 0. The quantitative estimate of drug-likeness (QED) is 0.793. The lowest BCUT2D eigenvalue weighted by atomic mass is 10.0. The Kier molecular flexibility index (Phi) is 3.34. The Morgan fingerprint density at radius 1 is 1.16 bits per heavy atom. The molecule has 1 aliphatic carbocycles. The third-order valence-electron chi connectivity index (χ3n) is 3.35. The van der Waals surface area contributed by atoms with Gasteiger partial charge in [0.05, 0.1) is 0 Å². The van der Waals surface area contributed by atoms with Crippen LogP contribution in [0.3, 0.4) is 0 Å². The van der Waals surface area contributed by atoms with Crippen molar-refractivity contribution in [3.8, 4) is 0 Å².